The van der Waals surface area contributed by atoms with Crippen LogP contribution in [0.1, 0.15) is 22.8 Å². The highest BCUT2D eigenvalue weighted by atomic mass is 16.5. The van der Waals surface area contributed by atoms with Gasteiger partial charge in [0.05, 0.1) is 54.4 Å². The number of carbonyl (C=O) groups excluding carboxylic acids is 1. The van der Waals surface area contributed by atoms with Gasteiger partial charge in [-0.1, -0.05) is 0 Å². The molecule has 0 amide bonds. The molecule has 0 radical (unpaired) electrons. The van der Waals surface area contributed by atoms with E-state index >= 15 is 0 Å². The lowest BCUT2D eigenvalue weighted by Gasteiger charge is -2.56. The van der Waals surface area contributed by atoms with Crippen molar-refractivity contribution in [2.45, 2.75) is 19.3 Å². The Balaban J connectivity index is 1.57. The van der Waals surface area contributed by atoms with Crippen molar-refractivity contribution in [3.63, 3.8) is 0 Å². The first kappa shape index (κ1) is 20.3. The summed E-state index contributed by atoms with van der Waals surface area (Å²) in [6.45, 7) is 3.65. The monoisotopic (exact) mass is 448 g/mol. The number of hydrogen-bond acceptors (Lipinski definition) is 8. The number of aromatic nitrogens is 2. The van der Waals surface area contributed by atoms with Gasteiger partial charge in [-0.05, 0) is 24.3 Å². The predicted molar refractivity (Wildman–Crippen MR) is 122 cm³/mol. The zero-order valence-electron chi connectivity index (χ0n) is 18.2. The molecule has 6 rings (SSSR count). The minimum Gasteiger partial charge on any atom is -0.399 e. The maximum absolute atomic E-state index is 13.4. The predicted octanol–water partition coefficient (Wildman–Crippen LogP) is 1.22. The summed E-state index contributed by atoms with van der Waals surface area (Å²) in [7, 11) is 1.48. The van der Waals surface area contributed by atoms with Crippen LogP contribution in [0.2, 0.25) is 0 Å². The smallest absolute Gasteiger partial charge is 0.257 e. The highest BCUT2D eigenvalue weighted by Gasteiger charge is 2.50. The summed E-state index contributed by atoms with van der Waals surface area (Å²) >= 11 is 0. The normalized spacial score (nSPS) is 18.5. The van der Waals surface area contributed by atoms with Gasteiger partial charge in [0.1, 0.15) is 6.10 Å². The van der Waals surface area contributed by atoms with Crippen molar-refractivity contribution in [1.29, 1.82) is 0 Å². The molecule has 3 aliphatic rings. The van der Waals surface area contributed by atoms with Crippen LogP contribution in [0.3, 0.4) is 0 Å². The van der Waals surface area contributed by atoms with Crippen molar-refractivity contribution in [2.75, 3.05) is 44.0 Å². The molecule has 0 bridgehead atoms. The Morgan fingerprint density at radius 3 is 2.79 bits per heavy atom. The number of anilines is 2. The van der Waals surface area contributed by atoms with E-state index < -0.39 is 6.10 Å². The molecule has 5 heterocycles. The van der Waals surface area contributed by atoms with E-state index in [1.54, 1.807) is 10.6 Å². The first-order valence-electron chi connectivity index (χ1n) is 10.9. The number of pyridine rings is 2. The maximum Gasteiger partial charge on any atom is 0.257 e. The van der Waals surface area contributed by atoms with Gasteiger partial charge >= 0.3 is 0 Å². The fourth-order valence-corrected chi connectivity index (χ4v) is 5.37. The number of nitrogen functional groups attached to an aromatic ring is 1. The van der Waals surface area contributed by atoms with E-state index in [1.807, 2.05) is 18.2 Å². The molecule has 3 aliphatic heterocycles. The van der Waals surface area contributed by atoms with Crippen molar-refractivity contribution in [3.8, 4) is 11.4 Å². The Morgan fingerprint density at radius 2 is 2.12 bits per heavy atom. The van der Waals surface area contributed by atoms with E-state index in [4.69, 9.17) is 20.2 Å². The van der Waals surface area contributed by atoms with Crippen LogP contribution < -0.4 is 16.2 Å². The summed E-state index contributed by atoms with van der Waals surface area (Å²) in [6.07, 6.45) is -0.991. The minimum atomic E-state index is -1.41. The van der Waals surface area contributed by atoms with Gasteiger partial charge in [-0.15, -0.1) is 0 Å². The molecular weight excluding hydrogens is 424 g/mol. The molecule has 0 aliphatic carbocycles. The molecule has 2 aromatic heterocycles. The van der Waals surface area contributed by atoms with E-state index in [0.717, 1.165) is 48.5 Å². The van der Waals surface area contributed by atoms with Crippen LogP contribution in [0, 0.1) is 5.41 Å². The van der Waals surface area contributed by atoms with E-state index in [2.05, 4.69) is 4.90 Å². The fraction of sp³-hybridized carbons (Fsp3) is 0.375. The van der Waals surface area contributed by atoms with Crippen molar-refractivity contribution in [1.82, 2.24) is 9.55 Å². The summed E-state index contributed by atoms with van der Waals surface area (Å²) in [5.41, 5.74) is 11.3. The van der Waals surface area contributed by atoms with Crippen LogP contribution in [0.4, 0.5) is 11.4 Å². The van der Waals surface area contributed by atoms with Crippen LogP contribution in [0.5, 0.6) is 0 Å². The largest absolute Gasteiger partial charge is 0.399 e. The van der Waals surface area contributed by atoms with Crippen molar-refractivity contribution in [2.24, 2.45) is 5.41 Å². The minimum absolute atomic E-state index is 0.00311. The molecule has 3 N–H and O–H groups in total. The molecule has 2 fully saturated rings. The Hall–Kier alpha value is -3.27. The first-order valence-corrected chi connectivity index (χ1v) is 10.9. The van der Waals surface area contributed by atoms with Gasteiger partial charge in [0.2, 0.25) is 0 Å². The van der Waals surface area contributed by atoms with Crippen molar-refractivity contribution >= 4 is 28.6 Å². The van der Waals surface area contributed by atoms with Crippen LogP contribution in [-0.4, -0.2) is 54.4 Å². The third kappa shape index (κ3) is 2.86. The Bertz CT molecular complexity index is 1370. The molecule has 3 aromatic rings. The van der Waals surface area contributed by atoms with Gasteiger partial charge in [0.25, 0.3) is 5.56 Å². The van der Waals surface area contributed by atoms with Gasteiger partial charge in [0, 0.05) is 48.0 Å². The standard InChI is InChI=1S/C24H24N4O5/c1-32-8-17-14(20(30)7-29)5-19-21-16(6-28(19)23(17)31)22(27-9-24(10-27)11-33-12-24)15-4-13(25)2-3-18(15)26-21/h2-5,7,20,30H,6,8-12,25H2,1H3. The lowest BCUT2D eigenvalue weighted by Crippen LogP contribution is -2.66. The molecule has 9 heteroatoms. The van der Waals surface area contributed by atoms with Gasteiger partial charge in [0.15, 0.2) is 6.29 Å². The van der Waals surface area contributed by atoms with Crippen molar-refractivity contribution < 1.29 is 19.4 Å². The van der Waals surface area contributed by atoms with Crippen LogP contribution in [-0.2, 0) is 27.4 Å². The van der Waals surface area contributed by atoms with E-state index in [1.165, 1.54) is 7.11 Å². The Kier molecular flexibility index (Phi) is 4.39. The SMILES string of the molecule is COCc1c(C(O)C=O)cc2n(c1=O)Cc1c-2nc2ccc(N)cc2c1N1CC2(COC2)C1. The molecule has 33 heavy (non-hydrogen) atoms. The quantitative estimate of drug-likeness (QED) is 0.346. The zero-order valence-corrected chi connectivity index (χ0v) is 18.2. The number of benzene rings is 1. The Labute approximate surface area is 189 Å². The molecular formula is C24H24N4O5. The van der Waals surface area contributed by atoms with Crippen LogP contribution in [0.15, 0.2) is 29.1 Å². The fourth-order valence-electron chi connectivity index (χ4n) is 5.37. The molecule has 1 atom stereocenters. The summed E-state index contributed by atoms with van der Waals surface area (Å²) in [4.78, 5) is 32.0. The van der Waals surface area contributed by atoms with Crippen LogP contribution >= 0.6 is 0 Å². The molecule has 170 valence electrons. The molecule has 1 unspecified atom stereocenters. The third-order valence-corrected chi connectivity index (χ3v) is 6.99. The number of aldehydes is 1. The number of nitrogens with zero attached hydrogens (tertiary/aromatic N) is 3. The second-order valence-electron chi connectivity index (χ2n) is 9.28. The second-order valence-corrected chi connectivity index (χ2v) is 9.28. The summed E-state index contributed by atoms with van der Waals surface area (Å²) in [5, 5.41) is 11.3. The highest BCUT2D eigenvalue weighted by Crippen LogP contribution is 2.47. The molecule has 2 saturated heterocycles. The van der Waals surface area contributed by atoms with Crippen LogP contribution in [0.25, 0.3) is 22.3 Å². The number of methoxy groups -OCH3 is 1. The number of carbonyl (C=O) groups is 1. The molecule has 1 spiro atoms. The number of aliphatic hydroxyl groups is 1. The average molecular weight is 448 g/mol. The number of rotatable bonds is 5. The number of fused-ring (bicyclic) bond motifs is 4. The second kappa shape index (κ2) is 7.11. The summed E-state index contributed by atoms with van der Waals surface area (Å²) < 4.78 is 12.3. The number of hydrogen-bond donors (Lipinski definition) is 2. The highest BCUT2D eigenvalue weighted by molar-refractivity contribution is 5.99. The van der Waals surface area contributed by atoms with Crippen molar-refractivity contribution in [3.05, 3.63) is 51.3 Å². The summed E-state index contributed by atoms with van der Waals surface area (Å²) in [5.74, 6) is 0. The topological polar surface area (TPSA) is 120 Å². The molecule has 0 saturated carbocycles. The van der Waals surface area contributed by atoms with Gasteiger partial charge in [-0.3, -0.25) is 4.79 Å². The number of nitrogens with two attached hydrogens (primary N) is 1. The first-order chi connectivity index (χ1) is 15.9. The van der Waals surface area contributed by atoms with Gasteiger partial charge in [-0.2, -0.15) is 0 Å². The lowest BCUT2D eigenvalue weighted by molar-refractivity contribution is -0.126. The maximum atomic E-state index is 13.4. The number of ether oxygens (including phenoxy) is 2. The molecule has 9 nitrogen and oxygen atoms in total. The summed E-state index contributed by atoms with van der Waals surface area (Å²) in [6, 6.07) is 7.33. The molecule has 1 aromatic carbocycles. The van der Waals surface area contributed by atoms with E-state index in [-0.39, 0.29) is 28.7 Å². The van der Waals surface area contributed by atoms with Gasteiger partial charge < -0.3 is 34.6 Å². The average Bonchev–Trinajstić information content (AvgIpc) is 3.11. The van der Waals surface area contributed by atoms with E-state index in [9.17, 15) is 14.7 Å². The zero-order chi connectivity index (χ0) is 22.9. The van der Waals surface area contributed by atoms with E-state index in [0.29, 0.717) is 29.9 Å². The third-order valence-electron chi connectivity index (χ3n) is 6.99. The Morgan fingerprint density at radius 1 is 1.33 bits per heavy atom. The van der Waals surface area contributed by atoms with Gasteiger partial charge in [-0.25, -0.2) is 4.98 Å². The number of aliphatic hydroxyl groups excluding tert-OH is 1. The lowest BCUT2D eigenvalue weighted by atomic mass is 9.77.